The van der Waals surface area contributed by atoms with E-state index in [1.54, 1.807) is 0 Å². The molecule has 0 saturated carbocycles. The lowest BCUT2D eigenvalue weighted by molar-refractivity contribution is -0.122. The van der Waals surface area contributed by atoms with E-state index in [2.05, 4.69) is 26.1 Å². The molecule has 0 unspecified atom stereocenters. The largest absolute Gasteiger partial charge is 0.351 e. The van der Waals surface area contributed by atoms with Crippen LogP contribution in [0.2, 0.25) is 0 Å². The van der Waals surface area contributed by atoms with Crippen molar-refractivity contribution >= 4 is 5.91 Å². The Morgan fingerprint density at radius 3 is 2.44 bits per heavy atom. The van der Waals surface area contributed by atoms with Crippen molar-refractivity contribution in [3.8, 4) is 0 Å². The Labute approximate surface area is 98.1 Å². The van der Waals surface area contributed by atoms with Crippen LogP contribution >= 0.6 is 0 Å². The molecule has 1 aromatic rings. The maximum atomic E-state index is 11.8. The minimum Gasteiger partial charge on any atom is -0.351 e. The van der Waals surface area contributed by atoms with E-state index in [9.17, 15) is 4.79 Å². The summed E-state index contributed by atoms with van der Waals surface area (Å²) < 4.78 is 0. The first-order valence-electron chi connectivity index (χ1n) is 5.88. The van der Waals surface area contributed by atoms with E-state index in [1.165, 1.54) is 0 Å². The topological polar surface area (TPSA) is 29.1 Å². The Morgan fingerprint density at radius 1 is 1.25 bits per heavy atom. The molecule has 16 heavy (non-hydrogen) atoms. The van der Waals surface area contributed by atoms with E-state index in [0.717, 1.165) is 18.4 Å². The quantitative estimate of drug-likeness (QED) is 0.810. The fraction of sp³-hybridized carbons (Fsp3) is 0.500. The van der Waals surface area contributed by atoms with Gasteiger partial charge in [0.05, 0.1) is 6.42 Å². The zero-order valence-electron chi connectivity index (χ0n) is 10.4. The van der Waals surface area contributed by atoms with E-state index in [1.807, 2.05) is 30.3 Å². The summed E-state index contributed by atoms with van der Waals surface area (Å²) in [5.41, 5.74) is 0.966. The van der Waals surface area contributed by atoms with Crippen LogP contribution in [0, 0.1) is 0 Å². The molecule has 0 radical (unpaired) electrons. The summed E-state index contributed by atoms with van der Waals surface area (Å²) >= 11 is 0. The molecule has 0 spiro atoms. The Kier molecular flexibility index (Phi) is 4.53. The van der Waals surface area contributed by atoms with Crippen LogP contribution in [0.5, 0.6) is 0 Å². The molecule has 0 bridgehead atoms. The van der Waals surface area contributed by atoms with Crippen molar-refractivity contribution < 1.29 is 4.79 Å². The summed E-state index contributed by atoms with van der Waals surface area (Å²) in [6.07, 6.45) is 2.56. The van der Waals surface area contributed by atoms with Gasteiger partial charge < -0.3 is 5.32 Å². The molecule has 0 aliphatic rings. The minimum absolute atomic E-state index is 0.0966. The molecule has 1 rings (SSSR count). The molecule has 0 aliphatic heterocycles. The number of nitrogens with one attached hydrogen (secondary N) is 1. The lowest BCUT2D eigenvalue weighted by Crippen LogP contribution is -2.43. The molecule has 0 atom stereocenters. The van der Waals surface area contributed by atoms with Crippen LogP contribution in [0.1, 0.15) is 39.2 Å². The highest BCUT2D eigenvalue weighted by molar-refractivity contribution is 5.79. The summed E-state index contributed by atoms with van der Waals surface area (Å²) in [5, 5.41) is 3.07. The summed E-state index contributed by atoms with van der Waals surface area (Å²) in [5.74, 6) is 0.102. The third-order valence-electron chi connectivity index (χ3n) is 2.56. The zero-order chi connectivity index (χ0) is 12.0. The SMILES string of the molecule is CCCC(C)(C)NC(=O)Cc1ccccc1. The summed E-state index contributed by atoms with van der Waals surface area (Å²) in [4.78, 5) is 11.8. The second-order valence-corrected chi connectivity index (χ2v) is 4.84. The van der Waals surface area contributed by atoms with Gasteiger partial charge in [0, 0.05) is 5.54 Å². The molecule has 1 amide bonds. The van der Waals surface area contributed by atoms with Crippen molar-refractivity contribution in [2.24, 2.45) is 0 Å². The van der Waals surface area contributed by atoms with Gasteiger partial charge in [0.25, 0.3) is 0 Å². The number of amides is 1. The fourth-order valence-corrected chi connectivity index (χ4v) is 1.89. The first kappa shape index (κ1) is 12.8. The van der Waals surface area contributed by atoms with Gasteiger partial charge in [-0.25, -0.2) is 0 Å². The van der Waals surface area contributed by atoms with Gasteiger partial charge in [-0.2, -0.15) is 0 Å². The van der Waals surface area contributed by atoms with Gasteiger partial charge in [-0.15, -0.1) is 0 Å². The zero-order valence-corrected chi connectivity index (χ0v) is 10.4. The van der Waals surface area contributed by atoms with Crippen molar-refractivity contribution in [2.75, 3.05) is 0 Å². The second-order valence-electron chi connectivity index (χ2n) is 4.84. The van der Waals surface area contributed by atoms with E-state index in [-0.39, 0.29) is 11.4 Å². The lowest BCUT2D eigenvalue weighted by atomic mass is 9.98. The van der Waals surface area contributed by atoms with Gasteiger partial charge in [0.15, 0.2) is 0 Å². The van der Waals surface area contributed by atoms with Gasteiger partial charge in [-0.1, -0.05) is 43.7 Å². The third-order valence-corrected chi connectivity index (χ3v) is 2.56. The van der Waals surface area contributed by atoms with Gasteiger partial charge in [-0.05, 0) is 25.8 Å². The normalized spacial score (nSPS) is 11.2. The predicted molar refractivity (Wildman–Crippen MR) is 67.3 cm³/mol. The number of hydrogen-bond donors (Lipinski definition) is 1. The van der Waals surface area contributed by atoms with Gasteiger partial charge in [-0.3, -0.25) is 4.79 Å². The summed E-state index contributed by atoms with van der Waals surface area (Å²) in [6.45, 7) is 6.27. The molecule has 0 aliphatic carbocycles. The maximum Gasteiger partial charge on any atom is 0.224 e. The highest BCUT2D eigenvalue weighted by Crippen LogP contribution is 2.11. The molecule has 1 aromatic carbocycles. The van der Waals surface area contributed by atoms with Crippen molar-refractivity contribution in [1.29, 1.82) is 0 Å². The number of hydrogen-bond acceptors (Lipinski definition) is 1. The molecule has 0 saturated heterocycles. The predicted octanol–water partition coefficient (Wildman–Crippen LogP) is 2.92. The molecular weight excluding hydrogens is 198 g/mol. The van der Waals surface area contributed by atoms with Crippen molar-refractivity contribution in [3.05, 3.63) is 35.9 Å². The van der Waals surface area contributed by atoms with Crippen LogP contribution in [-0.4, -0.2) is 11.4 Å². The van der Waals surface area contributed by atoms with E-state index in [0.29, 0.717) is 6.42 Å². The second kappa shape index (κ2) is 5.69. The van der Waals surface area contributed by atoms with Gasteiger partial charge in [0.2, 0.25) is 5.91 Å². The first-order valence-corrected chi connectivity index (χ1v) is 5.88. The van der Waals surface area contributed by atoms with E-state index >= 15 is 0 Å². The highest BCUT2D eigenvalue weighted by atomic mass is 16.1. The van der Waals surface area contributed by atoms with Crippen LogP contribution in [-0.2, 0) is 11.2 Å². The smallest absolute Gasteiger partial charge is 0.224 e. The van der Waals surface area contributed by atoms with Crippen LogP contribution in [0.15, 0.2) is 30.3 Å². The molecule has 0 fully saturated rings. The molecular formula is C14H21NO. The molecule has 0 aromatic heterocycles. The Hall–Kier alpha value is -1.31. The van der Waals surface area contributed by atoms with Crippen LogP contribution in [0.4, 0.5) is 0 Å². The molecule has 1 N–H and O–H groups in total. The summed E-state index contributed by atoms with van der Waals surface area (Å²) in [6, 6.07) is 9.83. The molecule has 0 heterocycles. The van der Waals surface area contributed by atoms with Crippen molar-refractivity contribution in [1.82, 2.24) is 5.32 Å². The van der Waals surface area contributed by atoms with E-state index < -0.39 is 0 Å². The molecule has 2 nitrogen and oxygen atoms in total. The summed E-state index contributed by atoms with van der Waals surface area (Å²) in [7, 11) is 0. The fourth-order valence-electron chi connectivity index (χ4n) is 1.89. The highest BCUT2D eigenvalue weighted by Gasteiger charge is 2.18. The monoisotopic (exact) mass is 219 g/mol. The molecule has 88 valence electrons. The number of benzene rings is 1. The minimum atomic E-state index is -0.0966. The lowest BCUT2D eigenvalue weighted by Gasteiger charge is -2.25. The molecule has 2 heteroatoms. The van der Waals surface area contributed by atoms with E-state index in [4.69, 9.17) is 0 Å². The van der Waals surface area contributed by atoms with Gasteiger partial charge >= 0.3 is 0 Å². The number of carbonyl (C=O) groups is 1. The van der Waals surface area contributed by atoms with Crippen LogP contribution in [0.25, 0.3) is 0 Å². The van der Waals surface area contributed by atoms with Crippen LogP contribution < -0.4 is 5.32 Å². The standard InChI is InChI=1S/C14H21NO/c1-4-10-14(2,3)15-13(16)11-12-8-6-5-7-9-12/h5-9H,4,10-11H2,1-3H3,(H,15,16). The average molecular weight is 219 g/mol. The number of carbonyl (C=O) groups excluding carboxylic acids is 1. The third kappa shape index (κ3) is 4.47. The number of rotatable bonds is 5. The van der Waals surface area contributed by atoms with Crippen molar-refractivity contribution in [2.45, 2.75) is 45.6 Å². The first-order chi connectivity index (χ1) is 7.53. The van der Waals surface area contributed by atoms with Crippen molar-refractivity contribution in [3.63, 3.8) is 0 Å². The Morgan fingerprint density at radius 2 is 1.88 bits per heavy atom. The average Bonchev–Trinajstić information content (AvgIpc) is 2.17. The van der Waals surface area contributed by atoms with Crippen LogP contribution in [0.3, 0.4) is 0 Å². The maximum absolute atomic E-state index is 11.8. The Balaban J connectivity index is 2.48. The Bertz CT molecular complexity index is 330. The van der Waals surface area contributed by atoms with Gasteiger partial charge in [0.1, 0.15) is 0 Å².